The second kappa shape index (κ2) is 11.1. The van der Waals surface area contributed by atoms with Crippen molar-refractivity contribution in [2.45, 2.75) is 0 Å². The monoisotopic (exact) mass is 539 g/mol. The molecule has 0 unspecified atom stereocenters. The van der Waals surface area contributed by atoms with E-state index in [1.165, 1.54) is 14.2 Å². The number of nitrogens with zero attached hydrogens (tertiary/aromatic N) is 3. The second-order valence-electron chi connectivity index (χ2n) is 8.26. The molecule has 2 aliphatic heterocycles. The van der Waals surface area contributed by atoms with Crippen LogP contribution in [0.3, 0.4) is 0 Å². The molecule has 192 valence electrons. The molecule has 0 bridgehead atoms. The molecule has 0 spiro atoms. The molecule has 0 saturated carbocycles. The Bertz CT molecular complexity index is 1320. The van der Waals surface area contributed by atoms with Crippen molar-refractivity contribution in [3.63, 3.8) is 0 Å². The van der Waals surface area contributed by atoms with Gasteiger partial charge in [-0.15, -0.1) is 0 Å². The Hall–Kier alpha value is -3.70. The molecule has 0 atom stereocenters. The van der Waals surface area contributed by atoms with Crippen LogP contribution < -0.4 is 14.4 Å². The first-order valence-corrected chi connectivity index (χ1v) is 12.8. The van der Waals surface area contributed by atoms with Gasteiger partial charge in [-0.05, 0) is 65.5 Å². The second-order valence-corrected chi connectivity index (χ2v) is 10.2. The van der Waals surface area contributed by atoms with Crippen molar-refractivity contribution >= 4 is 63.7 Å². The Morgan fingerprint density at radius 3 is 1.86 bits per heavy atom. The van der Waals surface area contributed by atoms with E-state index in [1.54, 1.807) is 30.4 Å². The van der Waals surface area contributed by atoms with Gasteiger partial charge in [-0.2, -0.15) is 0 Å². The van der Waals surface area contributed by atoms with E-state index in [9.17, 15) is 19.2 Å². The molecule has 0 aromatic heterocycles. The highest BCUT2D eigenvalue weighted by Crippen LogP contribution is 2.36. The number of hydrogen-bond acceptors (Lipinski definition) is 9. The van der Waals surface area contributed by atoms with E-state index in [2.05, 4.69) is 0 Å². The summed E-state index contributed by atoms with van der Waals surface area (Å²) in [6.45, 7) is -0.177. The van der Waals surface area contributed by atoms with Gasteiger partial charge < -0.3 is 14.4 Å². The quantitative estimate of drug-likeness (QED) is 0.448. The van der Waals surface area contributed by atoms with E-state index >= 15 is 0 Å². The number of rotatable bonds is 8. The summed E-state index contributed by atoms with van der Waals surface area (Å²) in [6.07, 6.45) is 3.24. The van der Waals surface area contributed by atoms with Crippen molar-refractivity contribution in [1.29, 1.82) is 0 Å². The molecule has 4 rings (SSSR count). The number of benzene rings is 2. The van der Waals surface area contributed by atoms with Gasteiger partial charge in [-0.25, -0.2) is 0 Å². The number of methoxy groups -OCH3 is 2. The van der Waals surface area contributed by atoms with Gasteiger partial charge in [0, 0.05) is 44.5 Å². The zero-order valence-corrected chi connectivity index (χ0v) is 22.4. The molecule has 9 nitrogen and oxygen atoms in total. The van der Waals surface area contributed by atoms with E-state index in [0.717, 1.165) is 44.6 Å². The van der Waals surface area contributed by atoms with Crippen molar-refractivity contribution in [3.8, 4) is 11.5 Å². The summed E-state index contributed by atoms with van der Waals surface area (Å²) in [5.74, 6) is 0.152. The lowest BCUT2D eigenvalue weighted by Gasteiger charge is -2.17. The minimum absolute atomic E-state index is 0.0846. The predicted octanol–water partition coefficient (Wildman–Crippen LogP) is 4.54. The highest BCUT2D eigenvalue weighted by atomic mass is 32.2. The van der Waals surface area contributed by atoms with Crippen LogP contribution in [-0.2, 0) is 9.59 Å². The van der Waals surface area contributed by atoms with Gasteiger partial charge >= 0.3 is 0 Å². The summed E-state index contributed by atoms with van der Waals surface area (Å²) in [5.41, 5.74) is 2.42. The maximum absolute atomic E-state index is 12.9. The zero-order valence-electron chi connectivity index (χ0n) is 20.7. The molecule has 0 radical (unpaired) electrons. The maximum atomic E-state index is 12.9. The average Bonchev–Trinajstić information content (AvgIpc) is 3.31. The van der Waals surface area contributed by atoms with E-state index in [4.69, 9.17) is 9.47 Å². The Labute approximate surface area is 223 Å². The van der Waals surface area contributed by atoms with Gasteiger partial charge in [0.1, 0.15) is 11.5 Å². The van der Waals surface area contributed by atoms with E-state index < -0.39 is 22.3 Å². The van der Waals surface area contributed by atoms with Gasteiger partial charge in [0.2, 0.25) is 0 Å². The number of imide groups is 2. The Morgan fingerprint density at radius 1 is 0.784 bits per heavy atom. The van der Waals surface area contributed by atoms with Crippen LogP contribution in [0.4, 0.5) is 15.3 Å². The van der Waals surface area contributed by atoms with Crippen LogP contribution in [0.25, 0.3) is 12.2 Å². The maximum Gasteiger partial charge on any atom is 0.293 e. The summed E-state index contributed by atoms with van der Waals surface area (Å²) in [6, 6.07) is 12.7. The number of carbonyl (C=O) groups is 4. The first kappa shape index (κ1) is 26.4. The predicted molar refractivity (Wildman–Crippen MR) is 146 cm³/mol. The van der Waals surface area contributed by atoms with Crippen LogP contribution in [0, 0.1) is 0 Å². The molecule has 2 aliphatic rings. The number of carbonyl (C=O) groups excluding carboxylic acids is 4. The van der Waals surface area contributed by atoms with Crippen molar-refractivity contribution in [2.75, 3.05) is 46.3 Å². The molecule has 4 amide bonds. The fourth-order valence-electron chi connectivity index (χ4n) is 3.68. The van der Waals surface area contributed by atoms with Gasteiger partial charge in [0.05, 0.1) is 24.0 Å². The first-order valence-electron chi connectivity index (χ1n) is 11.2. The zero-order chi connectivity index (χ0) is 26.7. The first-order chi connectivity index (χ1) is 17.7. The lowest BCUT2D eigenvalue weighted by atomic mass is 10.1. The minimum atomic E-state index is -0.489. The third kappa shape index (κ3) is 5.67. The van der Waals surface area contributed by atoms with Crippen LogP contribution >= 0.6 is 23.5 Å². The summed E-state index contributed by atoms with van der Waals surface area (Å²) < 4.78 is 10.5. The highest BCUT2D eigenvalue weighted by Gasteiger charge is 2.39. The number of hydrogen-bond donors (Lipinski definition) is 0. The lowest BCUT2D eigenvalue weighted by molar-refractivity contribution is -0.125. The van der Waals surface area contributed by atoms with Crippen LogP contribution in [0.1, 0.15) is 11.1 Å². The molecule has 2 heterocycles. The lowest BCUT2D eigenvalue weighted by Crippen LogP contribution is -2.39. The number of thioether (sulfide) groups is 2. The molecule has 2 aromatic carbocycles. The summed E-state index contributed by atoms with van der Waals surface area (Å²) in [7, 11) is 6.91. The number of anilines is 1. The molecule has 2 saturated heterocycles. The summed E-state index contributed by atoms with van der Waals surface area (Å²) >= 11 is 1.64. The smallest absolute Gasteiger partial charge is 0.293 e. The van der Waals surface area contributed by atoms with Crippen LogP contribution in [-0.4, -0.2) is 73.5 Å². The number of ether oxygens (including phenoxy) is 2. The third-order valence-electron chi connectivity index (χ3n) is 5.73. The van der Waals surface area contributed by atoms with Crippen LogP contribution in [0.15, 0.2) is 52.3 Å². The van der Waals surface area contributed by atoms with Crippen molar-refractivity contribution in [3.05, 3.63) is 63.4 Å². The molecule has 0 aliphatic carbocycles. The van der Waals surface area contributed by atoms with E-state index in [1.807, 2.05) is 43.3 Å². The van der Waals surface area contributed by atoms with Gasteiger partial charge in [0.25, 0.3) is 22.3 Å². The van der Waals surface area contributed by atoms with E-state index in [0.29, 0.717) is 22.0 Å². The van der Waals surface area contributed by atoms with Crippen molar-refractivity contribution < 1.29 is 28.7 Å². The molecular formula is C26H25N3O6S2. The van der Waals surface area contributed by atoms with Gasteiger partial charge in [0.15, 0.2) is 0 Å². The Kier molecular flexibility index (Phi) is 7.94. The normalized spacial score (nSPS) is 17.9. The molecular weight excluding hydrogens is 514 g/mol. The average molecular weight is 540 g/mol. The van der Waals surface area contributed by atoms with Gasteiger partial charge in [-0.1, -0.05) is 12.1 Å². The fourth-order valence-corrected chi connectivity index (χ4v) is 5.41. The highest BCUT2D eigenvalue weighted by molar-refractivity contribution is 8.18. The standard InChI is InChI=1S/C26H25N3O6S2/c1-27(2)18-8-5-16(6-9-18)13-21-23(30)28(25(32)36-21)11-12-29-24(31)22(37-26(29)33)14-17-7-10-19(34-3)15-20(17)35-4/h5-10,13-15H,11-12H2,1-4H3/b21-13-,22-14-. The molecule has 37 heavy (non-hydrogen) atoms. The molecule has 0 N–H and O–H groups in total. The van der Waals surface area contributed by atoms with Crippen molar-refractivity contribution in [1.82, 2.24) is 9.80 Å². The fraction of sp³-hybridized carbons (Fsp3) is 0.231. The summed E-state index contributed by atoms with van der Waals surface area (Å²) in [4.78, 5) is 55.5. The van der Waals surface area contributed by atoms with Gasteiger partial charge in [-0.3, -0.25) is 29.0 Å². The topological polar surface area (TPSA) is 96.5 Å². The minimum Gasteiger partial charge on any atom is -0.497 e. The van der Waals surface area contributed by atoms with E-state index in [-0.39, 0.29) is 18.0 Å². The SMILES string of the molecule is COc1ccc(/C=C2\SC(=O)N(CCN3C(=O)S/C(=C\c4ccc(N(C)C)cc4)C3=O)C2=O)c(OC)c1. The van der Waals surface area contributed by atoms with Crippen LogP contribution in [0.5, 0.6) is 11.5 Å². The summed E-state index contributed by atoms with van der Waals surface area (Å²) in [5, 5.41) is -0.904. The molecule has 11 heteroatoms. The molecule has 2 aromatic rings. The Balaban J connectivity index is 1.43. The number of amides is 4. The third-order valence-corrected chi connectivity index (χ3v) is 7.54. The Morgan fingerprint density at radius 2 is 1.35 bits per heavy atom. The van der Waals surface area contributed by atoms with Crippen molar-refractivity contribution in [2.24, 2.45) is 0 Å². The molecule has 2 fully saturated rings. The van der Waals surface area contributed by atoms with Crippen LogP contribution in [0.2, 0.25) is 0 Å². The largest absolute Gasteiger partial charge is 0.497 e.